The van der Waals surface area contributed by atoms with Gasteiger partial charge in [0.25, 0.3) is 5.91 Å². The highest BCUT2D eigenvalue weighted by Crippen LogP contribution is 2.40. The molecule has 6 rings (SSSR count). The van der Waals surface area contributed by atoms with Gasteiger partial charge < -0.3 is 15.4 Å². The Morgan fingerprint density at radius 1 is 1.18 bits per heavy atom. The number of H-pyrrole nitrogens is 1. The standard InChI is InChI=1S/C29H35FN12O2/c1-5-10-41-27-21(13-34-41)26(36-23-11-17(2)39-40-23)37-25(38-27)19-6-8-29(44-4,9-7-19)28(43)35-18(3)22-14-32-24(15-31-22)42-16-20(30)12-33-42/h11-16,18-19H,5-10H2,1-4H3,(H,35,43)(H2,36,37,38,39,40)/t18-,19-,29+/m0/s1. The minimum atomic E-state index is -0.994. The number of rotatable bonds is 10. The molecule has 15 heteroatoms. The summed E-state index contributed by atoms with van der Waals surface area (Å²) in [5.41, 5.74) is 1.27. The number of amides is 1. The molecule has 0 spiro atoms. The number of nitrogens with zero attached hydrogens (tertiary/aromatic N) is 9. The van der Waals surface area contributed by atoms with E-state index in [4.69, 9.17) is 14.7 Å². The average molecular weight is 603 g/mol. The molecule has 3 N–H and O–H groups in total. The number of carbonyl (C=O) groups is 1. The second kappa shape index (κ2) is 12.1. The number of fused-ring (bicyclic) bond motifs is 1. The fourth-order valence-corrected chi connectivity index (χ4v) is 5.60. The Hall–Kier alpha value is -4.79. The summed E-state index contributed by atoms with van der Waals surface area (Å²) in [5, 5.41) is 22.9. The second-order valence-electron chi connectivity index (χ2n) is 11.2. The van der Waals surface area contributed by atoms with Gasteiger partial charge in [-0.05, 0) is 46.0 Å². The Bertz CT molecular complexity index is 1750. The summed E-state index contributed by atoms with van der Waals surface area (Å²) in [6.07, 6.45) is 10.4. The quantitative estimate of drug-likeness (QED) is 0.212. The Balaban J connectivity index is 1.17. The molecule has 0 aromatic carbocycles. The molecule has 0 bridgehead atoms. The highest BCUT2D eigenvalue weighted by Gasteiger charge is 2.43. The van der Waals surface area contributed by atoms with E-state index >= 15 is 0 Å². The molecule has 0 radical (unpaired) electrons. The van der Waals surface area contributed by atoms with Crippen molar-refractivity contribution in [3.05, 3.63) is 60.1 Å². The van der Waals surface area contributed by atoms with E-state index in [1.807, 2.05) is 24.6 Å². The van der Waals surface area contributed by atoms with Crippen LogP contribution >= 0.6 is 0 Å². The second-order valence-corrected chi connectivity index (χ2v) is 11.2. The first-order valence-electron chi connectivity index (χ1n) is 14.7. The summed E-state index contributed by atoms with van der Waals surface area (Å²) in [6.45, 7) is 6.62. The maximum atomic E-state index is 13.6. The van der Waals surface area contributed by atoms with E-state index in [-0.39, 0.29) is 11.8 Å². The molecule has 0 unspecified atom stereocenters. The highest BCUT2D eigenvalue weighted by atomic mass is 19.1. The third-order valence-corrected chi connectivity index (χ3v) is 8.10. The van der Waals surface area contributed by atoms with Crippen molar-refractivity contribution in [2.75, 3.05) is 12.4 Å². The number of methoxy groups -OCH3 is 1. The number of aryl methyl sites for hydroxylation is 2. The van der Waals surface area contributed by atoms with Crippen LogP contribution in [0, 0.1) is 12.7 Å². The highest BCUT2D eigenvalue weighted by molar-refractivity contribution is 5.88. The largest absolute Gasteiger partial charge is 0.368 e. The number of nitrogens with one attached hydrogen (secondary N) is 3. The number of ether oxygens (including phenoxy) is 1. The molecule has 1 amide bonds. The lowest BCUT2D eigenvalue weighted by molar-refractivity contribution is -0.148. The first kappa shape index (κ1) is 29.3. The van der Waals surface area contributed by atoms with Crippen LogP contribution in [0.1, 0.15) is 75.1 Å². The molecule has 1 aliphatic carbocycles. The molecule has 1 saturated carbocycles. The van der Waals surface area contributed by atoms with Crippen molar-refractivity contribution in [1.82, 2.24) is 55.0 Å². The molecule has 44 heavy (non-hydrogen) atoms. The van der Waals surface area contributed by atoms with Crippen molar-refractivity contribution in [3.8, 4) is 5.82 Å². The van der Waals surface area contributed by atoms with Gasteiger partial charge in [-0.2, -0.15) is 15.3 Å². The lowest BCUT2D eigenvalue weighted by atomic mass is 9.77. The summed E-state index contributed by atoms with van der Waals surface area (Å²) in [4.78, 5) is 32.2. The van der Waals surface area contributed by atoms with Crippen LogP contribution in [-0.4, -0.2) is 68.3 Å². The normalized spacial score (nSPS) is 19.2. The number of aromatic amines is 1. The number of halogens is 1. The van der Waals surface area contributed by atoms with E-state index in [2.05, 4.69) is 47.9 Å². The fraction of sp³-hybridized carbons (Fsp3) is 0.448. The van der Waals surface area contributed by atoms with Gasteiger partial charge in [0.15, 0.2) is 23.1 Å². The van der Waals surface area contributed by atoms with Crippen LogP contribution in [0.2, 0.25) is 0 Å². The van der Waals surface area contributed by atoms with Gasteiger partial charge >= 0.3 is 0 Å². The van der Waals surface area contributed by atoms with Crippen LogP contribution in [0.5, 0.6) is 0 Å². The Morgan fingerprint density at radius 3 is 2.64 bits per heavy atom. The molecule has 230 valence electrons. The first-order chi connectivity index (χ1) is 21.3. The smallest absolute Gasteiger partial charge is 0.252 e. The van der Waals surface area contributed by atoms with Crippen molar-refractivity contribution in [3.63, 3.8) is 0 Å². The maximum absolute atomic E-state index is 13.6. The molecular formula is C29H35FN12O2. The summed E-state index contributed by atoms with van der Waals surface area (Å²) in [7, 11) is 1.57. The minimum Gasteiger partial charge on any atom is -0.368 e. The van der Waals surface area contributed by atoms with Gasteiger partial charge in [0, 0.05) is 31.3 Å². The van der Waals surface area contributed by atoms with E-state index < -0.39 is 17.5 Å². The number of aromatic nitrogens is 10. The monoisotopic (exact) mass is 602 g/mol. The average Bonchev–Trinajstić information content (AvgIpc) is 3.77. The zero-order chi connectivity index (χ0) is 30.8. The summed E-state index contributed by atoms with van der Waals surface area (Å²) < 4.78 is 22.4. The Kier molecular flexibility index (Phi) is 8.03. The van der Waals surface area contributed by atoms with E-state index in [1.54, 1.807) is 19.5 Å². The van der Waals surface area contributed by atoms with Crippen LogP contribution < -0.4 is 10.6 Å². The molecule has 1 aliphatic rings. The van der Waals surface area contributed by atoms with Crippen molar-refractivity contribution in [2.45, 2.75) is 77.0 Å². The summed E-state index contributed by atoms with van der Waals surface area (Å²) >= 11 is 0. The van der Waals surface area contributed by atoms with Crippen molar-refractivity contribution < 1.29 is 13.9 Å². The molecule has 0 saturated heterocycles. The van der Waals surface area contributed by atoms with Gasteiger partial charge in [0.1, 0.15) is 17.2 Å². The summed E-state index contributed by atoms with van der Waals surface area (Å²) in [6, 6.07) is 1.49. The van der Waals surface area contributed by atoms with Crippen molar-refractivity contribution in [2.24, 2.45) is 0 Å². The molecule has 0 aliphatic heterocycles. The molecule has 5 aromatic heterocycles. The van der Waals surface area contributed by atoms with Gasteiger partial charge in [0.2, 0.25) is 0 Å². The predicted molar refractivity (Wildman–Crippen MR) is 159 cm³/mol. The molecule has 1 atom stereocenters. The zero-order valence-electron chi connectivity index (χ0n) is 25.1. The lowest BCUT2D eigenvalue weighted by Gasteiger charge is -2.38. The third kappa shape index (κ3) is 5.74. The molecule has 5 aromatic rings. The van der Waals surface area contributed by atoms with Crippen LogP contribution in [-0.2, 0) is 16.1 Å². The topological polar surface area (TPSA) is 166 Å². The van der Waals surface area contributed by atoms with Crippen LogP contribution in [0.25, 0.3) is 16.9 Å². The minimum absolute atomic E-state index is 0.0323. The number of hydrogen-bond donors (Lipinski definition) is 3. The van der Waals surface area contributed by atoms with Crippen LogP contribution in [0.4, 0.5) is 16.0 Å². The number of hydrogen-bond acceptors (Lipinski definition) is 10. The van der Waals surface area contributed by atoms with Crippen molar-refractivity contribution >= 4 is 28.6 Å². The van der Waals surface area contributed by atoms with E-state index in [0.717, 1.165) is 35.9 Å². The first-order valence-corrected chi connectivity index (χ1v) is 14.7. The maximum Gasteiger partial charge on any atom is 0.252 e. The van der Waals surface area contributed by atoms with E-state index in [9.17, 15) is 9.18 Å². The zero-order valence-corrected chi connectivity index (χ0v) is 25.1. The van der Waals surface area contributed by atoms with Crippen molar-refractivity contribution in [1.29, 1.82) is 0 Å². The molecular weight excluding hydrogens is 567 g/mol. The number of anilines is 2. The fourth-order valence-electron chi connectivity index (χ4n) is 5.60. The Morgan fingerprint density at radius 2 is 2.00 bits per heavy atom. The predicted octanol–water partition coefficient (Wildman–Crippen LogP) is 4.05. The van der Waals surface area contributed by atoms with Gasteiger partial charge in [0.05, 0.1) is 48.1 Å². The summed E-state index contributed by atoms with van der Waals surface area (Å²) in [5.74, 6) is 1.75. The SMILES string of the molecule is CCCn1ncc2c(Nc3cc(C)[nH]n3)nc([C@H]3CC[C@](OC)(C(=O)N[C@@H](C)c4cnc(-n5cc(F)cn5)cn4)CC3)nc21. The van der Waals surface area contributed by atoms with Crippen LogP contribution in [0.3, 0.4) is 0 Å². The van der Waals surface area contributed by atoms with E-state index in [0.29, 0.717) is 54.7 Å². The lowest BCUT2D eigenvalue weighted by Crippen LogP contribution is -2.51. The number of carbonyl (C=O) groups excluding carboxylic acids is 1. The van der Waals surface area contributed by atoms with Gasteiger partial charge in [-0.25, -0.2) is 28.7 Å². The third-order valence-electron chi connectivity index (χ3n) is 8.10. The van der Waals surface area contributed by atoms with Gasteiger partial charge in [-0.15, -0.1) is 0 Å². The molecule has 5 heterocycles. The van der Waals surface area contributed by atoms with Gasteiger partial charge in [-0.3, -0.25) is 14.9 Å². The molecule has 14 nitrogen and oxygen atoms in total. The van der Waals surface area contributed by atoms with Gasteiger partial charge in [-0.1, -0.05) is 6.92 Å². The molecule has 1 fully saturated rings. The van der Waals surface area contributed by atoms with Crippen LogP contribution in [0.15, 0.2) is 37.1 Å². The van der Waals surface area contributed by atoms with E-state index in [1.165, 1.54) is 17.1 Å². The Labute approximate surface area is 252 Å².